The molecule has 0 N–H and O–H groups in total. The van der Waals surface area contributed by atoms with Crippen molar-refractivity contribution in [2.24, 2.45) is 0 Å². The standard InChI is InChI=1S/C25H31Cl2N3O3/c1-28-9-11-30(12-10-28)24(31)16-25(19-32-23-7-5-21(26)6-8-23)18-29(13-14-33-25)17-20-3-2-4-22(27)15-20/h2-8,15H,9-14,16-19H2,1H3/t25-/m1/s1. The predicted octanol–water partition coefficient (Wildman–Crippen LogP) is 3.81. The fraction of sp³-hybridized carbons (Fsp3) is 0.480. The number of benzene rings is 2. The second kappa shape index (κ2) is 11.1. The molecule has 33 heavy (non-hydrogen) atoms. The zero-order valence-corrected chi connectivity index (χ0v) is 20.5. The number of hydrogen-bond acceptors (Lipinski definition) is 5. The molecule has 2 saturated heterocycles. The molecule has 2 aromatic carbocycles. The average Bonchev–Trinajstić information content (AvgIpc) is 2.79. The van der Waals surface area contributed by atoms with Crippen molar-refractivity contribution in [1.29, 1.82) is 0 Å². The minimum atomic E-state index is -0.725. The largest absolute Gasteiger partial charge is 0.491 e. The van der Waals surface area contributed by atoms with Crippen LogP contribution in [-0.2, 0) is 16.1 Å². The van der Waals surface area contributed by atoms with Gasteiger partial charge in [0.05, 0.1) is 13.0 Å². The maximum atomic E-state index is 13.3. The average molecular weight is 492 g/mol. The maximum Gasteiger partial charge on any atom is 0.225 e. The molecule has 4 rings (SSSR count). The Bertz CT molecular complexity index is 935. The van der Waals surface area contributed by atoms with Crippen molar-refractivity contribution >= 4 is 29.1 Å². The van der Waals surface area contributed by atoms with E-state index >= 15 is 0 Å². The molecule has 0 aliphatic carbocycles. The van der Waals surface area contributed by atoms with Gasteiger partial charge in [-0.2, -0.15) is 0 Å². The van der Waals surface area contributed by atoms with E-state index in [0.29, 0.717) is 30.5 Å². The quantitative estimate of drug-likeness (QED) is 0.589. The molecule has 0 unspecified atom stereocenters. The zero-order valence-electron chi connectivity index (χ0n) is 19.0. The molecule has 2 aliphatic rings. The zero-order chi connectivity index (χ0) is 23.3. The first kappa shape index (κ1) is 24.3. The maximum absolute atomic E-state index is 13.3. The molecule has 2 heterocycles. The SMILES string of the molecule is CN1CCN(C(=O)C[C@]2(COc3ccc(Cl)cc3)CN(Cc3cccc(Cl)c3)CCO2)CC1. The van der Waals surface area contributed by atoms with E-state index in [1.54, 1.807) is 12.1 Å². The van der Waals surface area contributed by atoms with E-state index in [4.69, 9.17) is 32.7 Å². The third-order valence-electron chi connectivity index (χ3n) is 6.27. The van der Waals surface area contributed by atoms with Crippen LogP contribution in [0.1, 0.15) is 12.0 Å². The summed E-state index contributed by atoms with van der Waals surface area (Å²) in [5.41, 5.74) is 0.416. The molecule has 2 fully saturated rings. The summed E-state index contributed by atoms with van der Waals surface area (Å²) in [6, 6.07) is 15.2. The predicted molar refractivity (Wildman–Crippen MR) is 131 cm³/mol. The second-order valence-electron chi connectivity index (χ2n) is 8.98. The molecule has 0 spiro atoms. The van der Waals surface area contributed by atoms with Gasteiger partial charge < -0.3 is 19.3 Å². The summed E-state index contributed by atoms with van der Waals surface area (Å²) in [6.07, 6.45) is 0.288. The van der Waals surface area contributed by atoms with E-state index in [-0.39, 0.29) is 12.3 Å². The molecule has 2 aliphatic heterocycles. The van der Waals surface area contributed by atoms with Crippen LogP contribution in [0.15, 0.2) is 48.5 Å². The van der Waals surface area contributed by atoms with E-state index in [1.165, 1.54) is 0 Å². The van der Waals surface area contributed by atoms with Crippen LogP contribution in [0.4, 0.5) is 0 Å². The molecule has 0 saturated carbocycles. The van der Waals surface area contributed by atoms with Crippen molar-refractivity contribution in [2.45, 2.75) is 18.6 Å². The molecule has 0 bridgehead atoms. The molecule has 8 heteroatoms. The molecule has 178 valence electrons. The summed E-state index contributed by atoms with van der Waals surface area (Å²) >= 11 is 12.2. The van der Waals surface area contributed by atoms with Crippen molar-refractivity contribution in [1.82, 2.24) is 14.7 Å². The van der Waals surface area contributed by atoms with E-state index in [1.807, 2.05) is 35.2 Å². The Hall–Kier alpha value is -1.83. The van der Waals surface area contributed by atoms with Crippen LogP contribution in [0.5, 0.6) is 5.75 Å². The molecular weight excluding hydrogens is 461 g/mol. The van der Waals surface area contributed by atoms with Crippen molar-refractivity contribution in [3.63, 3.8) is 0 Å². The summed E-state index contributed by atoms with van der Waals surface area (Å²) in [7, 11) is 2.08. The molecule has 6 nitrogen and oxygen atoms in total. The molecule has 0 aromatic heterocycles. The van der Waals surface area contributed by atoms with Gasteiger partial charge in [-0.25, -0.2) is 0 Å². The highest BCUT2D eigenvalue weighted by atomic mass is 35.5. The van der Waals surface area contributed by atoms with E-state index in [0.717, 1.165) is 49.9 Å². The van der Waals surface area contributed by atoms with Gasteiger partial charge in [-0.15, -0.1) is 0 Å². The van der Waals surface area contributed by atoms with Gasteiger partial charge >= 0.3 is 0 Å². The van der Waals surface area contributed by atoms with Gasteiger partial charge in [0.25, 0.3) is 0 Å². The summed E-state index contributed by atoms with van der Waals surface area (Å²) < 4.78 is 12.4. The summed E-state index contributed by atoms with van der Waals surface area (Å²) in [5, 5.41) is 1.38. The van der Waals surface area contributed by atoms with Gasteiger partial charge in [0.2, 0.25) is 5.91 Å². The van der Waals surface area contributed by atoms with Crippen LogP contribution in [0, 0.1) is 0 Å². The lowest BCUT2D eigenvalue weighted by molar-refractivity contribution is -0.157. The van der Waals surface area contributed by atoms with Crippen molar-refractivity contribution in [3.8, 4) is 5.75 Å². The van der Waals surface area contributed by atoms with Crippen LogP contribution in [0.25, 0.3) is 0 Å². The number of carbonyl (C=O) groups excluding carboxylic acids is 1. The van der Waals surface area contributed by atoms with Crippen LogP contribution in [-0.4, -0.2) is 85.7 Å². The van der Waals surface area contributed by atoms with Crippen LogP contribution in [0.3, 0.4) is 0 Å². The lowest BCUT2D eigenvalue weighted by atomic mass is 9.96. The third kappa shape index (κ3) is 6.84. The Labute approximate surface area is 205 Å². The molecule has 1 atom stereocenters. The van der Waals surface area contributed by atoms with Gasteiger partial charge in [0.15, 0.2) is 0 Å². The fourth-order valence-electron chi connectivity index (χ4n) is 4.39. The summed E-state index contributed by atoms with van der Waals surface area (Å²) in [6.45, 7) is 6.25. The molecule has 0 radical (unpaired) electrons. The number of hydrogen-bond donors (Lipinski definition) is 0. The summed E-state index contributed by atoms with van der Waals surface area (Å²) in [4.78, 5) is 19.8. The number of amides is 1. The Morgan fingerprint density at radius 2 is 1.79 bits per heavy atom. The first-order valence-corrected chi connectivity index (χ1v) is 12.1. The minimum absolute atomic E-state index is 0.118. The first-order valence-electron chi connectivity index (χ1n) is 11.4. The molecular formula is C25H31Cl2N3O3. The van der Waals surface area contributed by atoms with Gasteiger partial charge in [0, 0.05) is 55.9 Å². The number of carbonyl (C=O) groups is 1. The molecule has 1 amide bonds. The van der Waals surface area contributed by atoms with Gasteiger partial charge in [-0.1, -0.05) is 35.3 Å². The number of ether oxygens (including phenoxy) is 2. The highest BCUT2D eigenvalue weighted by molar-refractivity contribution is 6.30. The highest BCUT2D eigenvalue weighted by Gasteiger charge is 2.41. The van der Waals surface area contributed by atoms with E-state index < -0.39 is 5.60 Å². The van der Waals surface area contributed by atoms with Crippen molar-refractivity contribution in [3.05, 3.63) is 64.1 Å². The number of likely N-dealkylation sites (N-methyl/N-ethyl adjacent to an activating group) is 1. The highest BCUT2D eigenvalue weighted by Crippen LogP contribution is 2.27. The minimum Gasteiger partial charge on any atom is -0.491 e. The summed E-state index contributed by atoms with van der Waals surface area (Å²) in [5.74, 6) is 0.828. The van der Waals surface area contributed by atoms with Crippen molar-refractivity contribution in [2.75, 3.05) is 59.5 Å². The van der Waals surface area contributed by atoms with E-state index in [9.17, 15) is 4.79 Å². The normalized spacial score (nSPS) is 22.3. The van der Waals surface area contributed by atoms with Crippen LogP contribution < -0.4 is 4.74 Å². The molecule has 2 aromatic rings. The topological polar surface area (TPSA) is 45.2 Å². The third-order valence-corrected chi connectivity index (χ3v) is 6.75. The van der Waals surface area contributed by atoms with Gasteiger partial charge in [-0.05, 0) is 49.0 Å². The first-order chi connectivity index (χ1) is 15.9. The van der Waals surface area contributed by atoms with Crippen molar-refractivity contribution < 1.29 is 14.3 Å². The Morgan fingerprint density at radius 1 is 1.03 bits per heavy atom. The van der Waals surface area contributed by atoms with Crippen LogP contribution >= 0.6 is 23.2 Å². The number of nitrogens with zero attached hydrogens (tertiary/aromatic N) is 3. The van der Waals surface area contributed by atoms with Crippen LogP contribution in [0.2, 0.25) is 10.0 Å². The number of rotatable bonds is 7. The number of halogens is 2. The lowest BCUT2D eigenvalue weighted by Crippen LogP contribution is -2.58. The van der Waals surface area contributed by atoms with Gasteiger partial charge in [0.1, 0.15) is 18.0 Å². The fourth-order valence-corrected chi connectivity index (χ4v) is 4.73. The Kier molecular flexibility index (Phi) is 8.15. The monoisotopic (exact) mass is 491 g/mol. The van der Waals surface area contributed by atoms with E-state index in [2.05, 4.69) is 22.9 Å². The Balaban J connectivity index is 1.48. The Morgan fingerprint density at radius 3 is 2.52 bits per heavy atom. The van der Waals surface area contributed by atoms with Gasteiger partial charge in [-0.3, -0.25) is 9.69 Å². The second-order valence-corrected chi connectivity index (χ2v) is 9.85. The number of morpholine rings is 1. The number of piperazine rings is 1. The lowest BCUT2D eigenvalue weighted by Gasteiger charge is -2.43. The smallest absolute Gasteiger partial charge is 0.225 e.